The molecule has 1 unspecified atom stereocenters. The molecular formula is C23H27N3O2. The molecule has 28 heavy (non-hydrogen) atoms. The number of carbonyl (C=O) groups is 2. The van der Waals surface area contributed by atoms with Crippen molar-refractivity contribution in [2.45, 2.75) is 25.4 Å². The zero-order chi connectivity index (χ0) is 19.3. The molecule has 2 aliphatic heterocycles. The molecule has 146 valence electrons. The van der Waals surface area contributed by atoms with Gasteiger partial charge in [0, 0.05) is 44.8 Å². The first-order chi connectivity index (χ1) is 13.7. The minimum atomic E-state index is -0.0458. The lowest BCUT2D eigenvalue weighted by atomic mass is 10.2. The summed E-state index contributed by atoms with van der Waals surface area (Å²) in [7, 11) is 0. The van der Waals surface area contributed by atoms with Gasteiger partial charge in [-0.2, -0.15) is 0 Å². The van der Waals surface area contributed by atoms with Gasteiger partial charge in [0.25, 0.3) is 5.91 Å². The molecular weight excluding hydrogens is 350 g/mol. The van der Waals surface area contributed by atoms with Crippen LogP contribution in [0.4, 0.5) is 0 Å². The number of benzene rings is 2. The van der Waals surface area contributed by atoms with Crippen molar-refractivity contribution in [3.63, 3.8) is 0 Å². The van der Waals surface area contributed by atoms with Crippen molar-refractivity contribution < 1.29 is 9.59 Å². The number of nitrogens with zero attached hydrogens (tertiary/aromatic N) is 3. The van der Waals surface area contributed by atoms with Crippen molar-refractivity contribution in [1.29, 1.82) is 0 Å². The predicted molar refractivity (Wildman–Crippen MR) is 109 cm³/mol. The van der Waals surface area contributed by atoms with Gasteiger partial charge in [-0.1, -0.05) is 48.5 Å². The van der Waals surface area contributed by atoms with Gasteiger partial charge in [-0.05, 0) is 30.5 Å². The average molecular weight is 377 g/mol. The second kappa shape index (κ2) is 8.57. The van der Waals surface area contributed by atoms with Crippen molar-refractivity contribution in [3.05, 3.63) is 71.8 Å². The van der Waals surface area contributed by atoms with E-state index in [1.54, 1.807) is 0 Å². The van der Waals surface area contributed by atoms with Crippen LogP contribution in [0.5, 0.6) is 0 Å². The maximum absolute atomic E-state index is 13.0. The zero-order valence-electron chi connectivity index (χ0n) is 16.2. The van der Waals surface area contributed by atoms with Gasteiger partial charge in [0.15, 0.2) is 0 Å². The predicted octanol–water partition coefficient (Wildman–Crippen LogP) is 2.64. The lowest BCUT2D eigenvalue weighted by molar-refractivity contribution is -0.132. The molecule has 0 aliphatic carbocycles. The third-order valence-corrected chi connectivity index (χ3v) is 5.76. The van der Waals surface area contributed by atoms with Gasteiger partial charge in [0.05, 0.1) is 6.04 Å². The van der Waals surface area contributed by atoms with Gasteiger partial charge in [-0.3, -0.25) is 14.5 Å². The fourth-order valence-electron chi connectivity index (χ4n) is 4.24. The van der Waals surface area contributed by atoms with Gasteiger partial charge in [0.1, 0.15) is 0 Å². The molecule has 5 nitrogen and oxygen atoms in total. The van der Waals surface area contributed by atoms with Gasteiger partial charge in [-0.15, -0.1) is 0 Å². The van der Waals surface area contributed by atoms with E-state index in [9.17, 15) is 9.59 Å². The Labute approximate surface area is 166 Å². The monoisotopic (exact) mass is 377 g/mol. The fourth-order valence-corrected chi connectivity index (χ4v) is 4.24. The summed E-state index contributed by atoms with van der Waals surface area (Å²) in [6, 6.07) is 19.6. The van der Waals surface area contributed by atoms with Crippen LogP contribution in [0, 0.1) is 0 Å². The highest BCUT2D eigenvalue weighted by atomic mass is 16.2. The SMILES string of the molecule is O=C(c1ccccc1)N1CCCN(C2CCN(Cc3ccccc3)C2=O)CC1. The number of carbonyl (C=O) groups excluding carboxylic acids is 2. The first-order valence-electron chi connectivity index (χ1n) is 10.1. The molecule has 4 rings (SSSR count). The molecule has 2 aliphatic rings. The van der Waals surface area contributed by atoms with E-state index >= 15 is 0 Å². The van der Waals surface area contributed by atoms with E-state index in [1.807, 2.05) is 58.3 Å². The van der Waals surface area contributed by atoms with Crippen LogP contribution >= 0.6 is 0 Å². The summed E-state index contributed by atoms with van der Waals surface area (Å²) >= 11 is 0. The van der Waals surface area contributed by atoms with Crippen molar-refractivity contribution >= 4 is 11.8 Å². The molecule has 2 amide bonds. The van der Waals surface area contributed by atoms with E-state index in [4.69, 9.17) is 0 Å². The molecule has 2 saturated heterocycles. The minimum absolute atomic E-state index is 0.0458. The summed E-state index contributed by atoms with van der Waals surface area (Å²) in [5.41, 5.74) is 1.91. The molecule has 0 saturated carbocycles. The maximum atomic E-state index is 13.0. The number of hydrogen-bond acceptors (Lipinski definition) is 3. The molecule has 2 fully saturated rings. The summed E-state index contributed by atoms with van der Waals surface area (Å²) in [5.74, 6) is 0.317. The smallest absolute Gasteiger partial charge is 0.253 e. The topological polar surface area (TPSA) is 43.9 Å². The van der Waals surface area contributed by atoms with Crippen molar-refractivity contribution in [3.8, 4) is 0 Å². The van der Waals surface area contributed by atoms with Crippen LogP contribution in [0.2, 0.25) is 0 Å². The van der Waals surface area contributed by atoms with Gasteiger partial charge in [-0.25, -0.2) is 0 Å². The van der Waals surface area contributed by atoms with Crippen LogP contribution in [-0.2, 0) is 11.3 Å². The number of rotatable bonds is 4. The third kappa shape index (κ3) is 4.09. The fraction of sp³-hybridized carbons (Fsp3) is 0.391. The Morgan fingerprint density at radius 2 is 1.57 bits per heavy atom. The number of likely N-dealkylation sites (tertiary alicyclic amines) is 1. The average Bonchev–Trinajstić information content (AvgIpc) is 2.94. The highest BCUT2D eigenvalue weighted by Gasteiger charge is 2.36. The number of amides is 2. The van der Waals surface area contributed by atoms with Crippen LogP contribution in [0.25, 0.3) is 0 Å². The standard InChI is InChI=1S/C23H27N3O2/c27-22(20-10-5-2-6-11-20)25-14-7-13-24(16-17-25)21-12-15-26(23(21)28)18-19-8-3-1-4-9-19/h1-6,8-11,21H,7,12-18H2. The van der Waals surface area contributed by atoms with Crippen LogP contribution in [-0.4, -0.2) is 65.3 Å². The number of hydrogen-bond donors (Lipinski definition) is 0. The summed E-state index contributed by atoms with van der Waals surface area (Å²) in [6.07, 6.45) is 1.78. The van der Waals surface area contributed by atoms with Crippen LogP contribution in [0.3, 0.4) is 0 Å². The van der Waals surface area contributed by atoms with Crippen LogP contribution in [0.1, 0.15) is 28.8 Å². The molecule has 0 radical (unpaired) electrons. The summed E-state index contributed by atoms with van der Waals surface area (Å²) in [6.45, 7) is 4.54. The highest BCUT2D eigenvalue weighted by molar-refractivity contribution is 5.94. The van der Waals surface area contributed by atoms with Crippen molar-refractivity contribution in [1.82, 2.24) is 14.7 Å². The van der Waals surface area contributed by atoms with Gasteiger partial charge < -0.3 is 9.80 Å². The second-order valence-electron chi connectivity index (χ2n) is 7.60. The molecule has 0 bridgehead atoms. The normalized spacial score (nSPS) is 21.0. The van der Waals surface area contributed by atoms with Crippen LogP contribution < -0.4 is 0 Å². The van der Waals surface area contributed by atoms with Crippen molar-refractivity contribution in [2.24, 2.45) is 0 Å². The summed E-state index contributed by atoms with van der Waals surface area (Å²) < 4.78 is 0. The lowest BCUT2D eigenvalue weighted by Crippen LogP contribution is -2.44. The molecule has 2 heterocycles. The Morgan fingerprint density at radius 1 is 0.857 bits per heavy atom. The largest absolute Gasteiger partial charge is 0.337 e. The Morgan fingerprint density at radius 3 is 2.32 bits per heavy atom. The Balaban J connectivity index is 1.35. The van der Waals surface area contributed by atoms with E-state index in [-0.39, 0.29) is 17.9 Å². The first kappa shape index (κ1) is 18.7. The van der Waals surface area contributed by atoms with Crippen molar-refractivity contribution in [2.75, 3.05) is 32.7 Å². The molecule has 0 N–H and O–H groups in total. The zero-order valence-corrected chi connectivity index (χ0v) is 16.2. The lowest BCUT2D eigenvalue weighted by Gasteiger charge is -2.26. The van der Waals surface area contributed by atoms with E-state index in [0.717, 1.165) is 44.6 Å². The van der Waals surface area contributed by atoms with Gasteiger partial charge in [0.2, 0.25) is 5.91 Å². The Bertz CT molecular complexity index is 809. The Kier molecular flexibility index (Phi) is 5.72. The highest BCUT2D eigenvalue weighted by Crippen LogP contribution is 2.21. The van der Waals surface area contributed by atoms with E-state index in [2.05, 4.69) is 17.0 Å². The molecule has 1 atom stereocenters. The summed E-state index contributed by atoms with van der Waals surface area (Å²) in [4.78, 5) is 31.9. The second-order valence-corrected chi connectivity index (χ2v) is 7.60. The third-order valence-electron chi connectivity index (χ3n) is 5.76. The first-order valence-corrected chi connectivity index (χ1v) is 10.1. The minimum Gasteiger partial charge on any atom is -0.337 e. The molecule has 2 aromatic carbocycles. The van der Waals surface area contributed by atoms with E-state index in [1.165, 1.54) is 5.56 Å². The van der Waals surface area contributed by atoms with Gasteiger partial charge >= 0.3 is 0 Å². The maximum Gasteiger partial charge on any atom is 0.253 e. The van der Waals surface area contributed by atoms with E-state index in [0.29, 0.717) is 13.1 Å². The summed E-state index contributed by atoms with van der Waals surface area (Å²) in [5, 5.41) is 0. The van der Waals surface area contributed by atoms with Crippen LogP contribution in [0.15, 0.2) is 60.7 Å². The molecule has 0 spiro atoms. The quantitative estimate of drug-likeness (QED) is 0.823. The molecule has 2 aromatic rings. The molecule has 5 heteroatoms. The molecule has 0 aromatic heterocycles. The van der Waals surface area contributed by atoms with E-state index < -0.39 is 0 Å². The Hall–Kier alpha value is -2.66.